The lowest BCUT2D eigenvalue weighted by Crippen LogP contribution is -2.55. The molecule has 1 aliphatic rings. The summed E-state index contributed by atoms with van der Waals surface area (Å²) in [7, 11) is 0. The van der Waals surface area contributed by atoms with Crippen LogP contribution in [0.3, 0.4) is 0 Å². The van der Waals surface area contributed by atoms with E-state index < -0.39 is 24.4 Å². The minimum absolute atomic E-state index is 0.303. The zero-order valence-electron chi connectivity index (χ0n) is 7.42. The van der Waals surface area contributed by atoms with Gasteiger partial charge in [-0.3, -0.25) is 0 Å². The van der Waals surface area contributed by atoms with Crippen molar-refractivity contribution in [2.45, 2.75) is 37.8 Å². The van der Waals surface area contributed by atoms with Crippen LogP contribution in [-0.2, 0) is 4.74 Å². The third-order valence-electron chi connectivity index (χ3n) is 2.22. The average Bonchev–Trinajstić information content (AvgIpc) is 2.15. The number of aliphatic hydroxyl groups is 4. The largest absolute Gasteiger partial charge is 0.394 e. The SMILES string of the molecule is CC[C]1O[C@H](CO)[C@H](O)[C@H](O)[C@H]1O. The van der Waals surface area contributed by atoms with Crippen molar-refractivity contribution in [2.24, 2.45) is 0 Å². The third-order valence-corrected chi connectivity index (χ3v) is 2.22. The second-order valence-corrected chi connectivity index (χ2v) is 3.08. The van der Waals surface area contributed by atoms with E-state index in [2.05, 4.69) is 0 Å². The molecule has 0 aromatic rings. The first kappa shape index (κ1) is 10.9. The van der Waals surface area contributed by atoms with Crippen molar-refractivity contribution in [3.05, 3.63) is 6.10 Å². The Kier molecular flexibility index (Phi) is 3.63. The van der Waals surface area contributed by atoms with Gasteiger partial charge in [0.15, 0.2) is 0 Å². The van der Waals surface area contributed by atoms with Crippen LogP contribution >= 0.6 is 0 Å². The number of hydrogen-bond donors (Lipinski definition) is 4. The molecule has 1 radical (unpaired) electrons. The molecule has 0 aromatic carbocycles. The van der Waals surface area contributed by atoms with Crippen molar-refractivity contribution in [3.63, 3.8) is 0 Å². The second kappa shape index (κ2) is 4.34. The van der Waals surface area contributed by atoms with Gasteiger partial charge < -0.3 is 25.2 Å². The lowest BCUT2D eigenvalue weighted by atomic mass is 9.94. The van der Waals surface area contributed by atoms with E-state index in [1.54, 1.807) is 6.92 Å². The number of ether oxygens (including phenoxy) is 1. The van der Waals surface area contributed by atoms with Crippen molar-refractivity contribution < 1.29 is 25.2 Å². The van der Waals surface area contributed by atoms with Crippen molar-refractivity contribution in [2.75, 3.05) is 6.61 Å². The summed E-state index contributed by atoms with van der Waals surface area (Å²) in [6.45, 7) is 1.38. The van der Waals surface area contributed by atoms with E-state index in [9.17, 15) is 15.3 Å². The van der Waals surface area contributed by atoms with Gasteiger partial charge in [0.25, 0.3) is 0 Å². The Balaban J connectivity index is 2.66. The monoisotopic (exact) mass is 191 g/mol. The first-order valence-electron chi connectivity index (χ1n) is 4.29. The van der Waals surface area contributed by atoms with E-state index in [0.717, 1.165) is 0 Å². The van der Waals surface area contributed by atoms with E-state index in [1.165, 1.54) is 0 Å². The Morgan fingerprint density at radius 2 is 1.85 bits per heavy atom. The fraction of sp³-hybridized carbons (Fsp3) is 0.875. The molecule has 1 aliphatic heterocycles. The fourth-order valence-electron chi connectivity index (χ4n) is 1.37. The Morgan fingerprint density at radius 1 is 1.23 bits per heavy atom. The predicted molar refractivity (Wildman–Crippen MR) is 43.5 cm³/mol. The van der Waals surface area contributed by atoms with Crippen LogP contribution in [0.5, 0.6) is 0 Å². The van der Waals surface area contributed by atoms with Crippen LogP contribution in [0, 0.1) is 6.10 Å². The van der Waals surface area contributed by atoms with Gasteiger partial charge in [0.05, 0.1) is 6.61 Å². The molecular formula is C8H15O5. The van der Waals surface area contributed by atoms with Gasteiger partial charge in [-0.15, -0.1) is 0 Å². The maximum absolute atomic E-state index is 9.37. The van der Waals surface area contributed by atoms with E-state index in [0.29, 0.717) is 12.5 Å². The Morgan fingerprint density at radius 3 is 2.31 bits per heavy atom. The van der Waals surface area contributed by atoms with Crippen molar-refractivity contribution >= 4 is 0 Å². The van der Waals surface area contributed by atoms with Crippen LogP contribution in [0.15, 0.2) is 0 Å². The Labute approximate surface area is 76.6 Å². The van der Waals surface area contributed by atoms with Crippen LogP contribution in [0.25, 0.3) is 0 Å². The highest BCUT2D eigenvalue weighted by Crippen LogP contribution is 2.27. The molecule has 1 saturated heterocycles. The summed E-state index contributed by atoms with van der Waals surface area (Å²) < 4.78 is 5.09. The molecule has 0 amide bonds. The fourth-order valence-corrected chi connectivity index (χ4v) is 1.37. The zero-order chi connectivity index (χ0) is 10.0. The lowest BCUT2D eigenvalue weighted by molar-refractivity contribution is -0.191. The first-order valence-corrected chi connectivity index (χ1v) is 4.29. The summed E-state index contributed by atoms with van der Waals surface area (Å²) in [5, 5.41) is 36.8. The summed E-state index contributed by atoms with van der Waals surface area (Å²) in [6, 6.07) is 0. The maximum atomic E-state index is 9.37. The molecule has 1 fully saturated rings. The molecule has 1 rings (SSSR count). The minimum Gasteiger partial charge on any atom is -0.394 e. The summed E-state index contributed by atoms with van der Waals surface area (Å²) in [4.78, 5) is 0. The molecule has 13 heavy (non-hydrogen) atoms. The highest BCUT2D eigenvalue weighted by atomic mass is 16.5. The quantitative estimate of drug-likeness (QED) is 0.422. The highest BCUT2D eigenvalue weighted by molar-refractivity contribution is 5.01. The van der Waals surface area contributed by atoms with Gasteiger partial charge in [0.2, 0.25) is 0 Å². The van der Waals surface area contributed by atoms with Gasteiger partial charge in [-0.1, -0.05) is 6.92 Å². The molecule has 5 heteroatoms. The summed E-state index contributed by atoms with van der Waals surface area (Å²) in [5.41, 5.74) is 0. The number of hydrogen-bond acceptors (Lipinski definition) is 5. The molecule has 1 heterocycles. The van der Waals surface area contributed by atoms with Crippen LogP contribution in [0.4, 0.5) is 0 Å². The predicted octanol–water partition coefficient (Wildman–Crippen LogP) is -1.60. The summed E-state index contributed by atoms with van der Waals surface area (Å²) in [6.07, 6.45) is -3.77. The third kappa shape index (κ3) is 2.00. The van der Waals surface area contributed by atoms with Gasteiger partial charge in [-0.25, -0.2) is 0 Å². The summed E-state index contributed by atoms with van der Waals surface area (Å²) >= 11 is 0. The van der Waals surface area contributed by atoms with E-state index >= 15 is 0 Å². The molecular weight excluding hydrogens is 176 g/mol. The van der Waals surface area contributed by atoms with Crippen molar-refractivity contribution in [3.8, 4) is 0 Å². The Bertz CT molecular complexity index is 143. The smallest absolute Gasteiger partial charge is 0.128 e. The molecule has 4 atom stereocenters. The van der Waals surface area contributed by atoms with Crippen LogP contribution in [-0.4, -0.2) is 51.4 Å². The molecule has 0 unspecified atom stereocenters. The normalized spacial score (nSPS) is 42.2. The van der Waals surface area contributed by atoms with Gasteiger partial charge in [0, 0.05) is 0 Å². The van der Waals surface area contributed by atoms with Crippen LogP contribution < -0.4 is 0 Å². The van der Waals surface area contributed by atoms with Gasteiger partial charge in [-0.05, 0) is 6.42 Å². The molecule has 4 N–H and O–H groups in total. The van der Waals surface area contributed by atoms with Crippen molar-refractivity contribution in [1.82, 2.24) is 0 Å². The van der Waals surface area contributed by atoms with Crippen LogP contribution in [0.1, 0.15) is 13.3 Å². The van der Waals surface area contributed by atoms with Crippen molar-refractivity contribution in [1.29, 1.82) is 0 Å². The van der Waals surface area contributed by atoms with E-state index in [4.69, 9.17) is 9.84 Å². The molecule has 0 spiro atoms. The standard InChI is InChI=1S/C8H15O5/c1-2-4-6(10)8(12)7(11)5(3-9)13-4/h5-12H,2-3H2,1H3/t5-,6+,7+,8-/m1/s1. The lowest BCUT2D eigenvalue weighted by Gasteiger charge is -2.38. The van der Waals surface area contributed by atoms with Gasteiger partial charge >= 0.3 is 0 Å². The van der Waals surface area contributed by atoms with Crippen LogP contribution in [0.2, 0.25) is 0 Å². The second-order valence-electron chi connectivity index (χ2n) is 3.08. The van der Waals surface area contributed by atoms with Gasteiger partial charge in [0.1, 0.15) is 30.5 Å². The topological polar surface area (TPSA) is 90.2 Å². The number of rotatable bonds is 2. The number of aliphatic hydroxyl groups excluding tert-OH is 4. The molecule has 0 saturated carbocycles. The molecule has 5 nitrogen and oxygen atoms in total. The average molecular weight is 191 g/mol. The maximum Gasteiger partial charge on any atom is 0.128 e. The van der Waals surface area contributed by atoms with Gasteiger partial charge in [-0.2, -0.15) is 0 Å². The zero-order valence-corrected chi connectivity index (χ0v) is 7.42. The molecule has 0 bridgehead atoms. The summed E-state index contributed by atoms with van der Waals surface area (Å²) in [5.74, 6) is 0. The Hall–Kier alpha value is -0.200. The van der Waals surface area contributed by atoms with E-state index in [1.807, 2.05) is 0 Å². The molecule has 77 valence electrons. The minimum atomic E-state index is -1.28. The highest BCUT2D eigenvalue weighted by Gasteiger charge is 2.43. The first-order chi connectivity index (χ1) is 6.11. The van der Waals surface area contributed by atoms with E-state index in [-0.39, 0.29) is 6.61 Å². The molecule has 0 aliphatic carbocycles. The molecule has 0 aromatic heterocycles.